The molecule has 0 saturated carbocycles. The lowest BCUT2D eigenvalue weighted by Gasteiger charge is -2.16. The van der Waals surface area contributed by atoms with Crippen molar-refractivity contribution in [2.45, 2.75) is 12.8 Å². The van der Waals surface area contributed by atoms with E-state index in [4.69, 9.17) is 9.47 Å². The summed E-state index contributed by atoms with van der Waals surface area (Å²) < 4.78 is 11.0. The van der Waals surface area contributed by atoms with Crippen LogP contribution in [-0.4, -0.2) is 13.2 Å². The first-order valence-corrected chi connectivity index (χ1v) is 4.75. The lowest BCUT2D eigenvalue weighted by Crippen LogP contribution is -2.03. The highest BCUT2D eigenvalue weighted by molar-refractivity contribution is 5.21. The minimum atomic E-state index is 0.515. The Labute approximate surface area is 85.2 Å². The van der Waals surface area contributed by atoms with Gasteiger partial charge in [0.1, 0.15) is 19.0 Å². The Bertz CT molecular complexity index is 261. The van der Waals surface area contributed by atoms with Crippen LogP contribution in [0.3, 0.4) is 0 Å². The van der Waals surface area contributed by atoms with Crippen molar-refractivity contribution in [2.75, 3.05) is 13.2 Å². The molecule has 0 saturated heterocycles. The Morgan fingerprint density at radius 2 is 1.93 bits per heavy atom. The van der Waals surface area contributed by atoms with Gasteiger partial charge in [-0.1, -0.05) is 31.4 Å². The van der Waals surface area contributed by atoms with E-state index in [9.17, 15) is 0 Å². The molecule has 0 heterocycles. The van der Waals surface area contributed by atoms with Crippen molar-refractivity contribution in [1.82, 2.24) is 0 Å². The maximum Gasteiger partial charge on any atom is 0.157 e. The van der Waals surface area contributed by atoms with E-state index in [1.807, 2.05) is 6.08 Å². The zero-order valence-corrected chi connectivity index (χ0v) is 8.37. The quantitative estimate of drug-likeness (QED) is 0.602. The van der Waals surface area contributed by atoms with Crippen LogP contribution < -0.4 is 0 Å². The predicted molar refractivity (Wildman–Crippen MR) is 57.7 cm³/mol. The van der Waals surface area contributed by atoms with Crippen LogP contribution in [0.25, 0.3) is 0 Å². The van der Waals surface area contributed by atoms with Gasteiger partial charge in [0.2, 0.25) is 0 Å². The summed E-state index contributed by atoms with van der Waals surface area (Å²) in [5, 5.41) is 0. The molecule has 1 aliphatic rings. The Hall–Kier alpha value is -1.44. The minimum Gasteiger partial charge on any atom is -0.490 e. The van der Waals surface area contributed by atoms with Crippen molar-refractivity contribution in [1.29, 1.82) is 0 Å². The Morgan fingerprint density at radius 1 is 1.21 bits per heavy atom. The summed E-state index contributed by atoms with van der Waals surface area (Å²) in [6.07, 6.45) is 9.39. The molecule has 0 spiro atoms. The first kappa shape index (κ1) is 10.6. The fourth-order valence-corrected chi connectivity index (χ4v) is 1.20. The molecule has 0 N–H and O–H groups in total. The van der Waals surface area contributed by atoms with Gasteiger partial charge >= 0.3 is 0 Å². The molecule has 0 fully saturated rings. The Balaban J connectivity index is 2.59. The summed E-state index contributed by atoms with van der Waals surface area (Å²) in [5.74, 6) is 1.73. The van der Waals surface area contributed by atoms with E-state index >= 15 is 0 Å². The molecular formula is C12H16O2. The minimum absolute atomic E-state index is 0.515. The van der Waals surface area contributed by atoms with Gasteiger partial charge < -0.3 is 9.47 Å². The molecule has 0 aromatic heterocycles. The SMILES string of the molecule is C=CCOC1=C(OCC=C)CCC=C1. The van der Waals surface area contributed by atoms with E-state index in [0.29, 0.717) is 13.2 Å². The zero-order chi connectivity index (χ0) is 10.2. The third-order valence-corrected chi connectivity index (χ3v) is 1.81. The second-order valence-electron chi connectivity index (χ2n) is 2.93. The van der Waals surface area contributed by atoms with E-state index in [-0.39, 0.29) is 0 Å². The van der Waals surface area contributed by atoms with Crippen LogP contribution in [0.15, 0.2) is 49.0 Å². The van der Waals surface area contributed by atoms with Gasteiger partial charge in [0, 0.05) is 6.42 Å². The number of rotatable bonds is 6. The predicted octanol–water partition coefficient (Wildman–Crippen LogP) is 2.95. The molecule has 0 atom stereocenters. The van der Waals surface area contributed by atoms with Gasteiger partial charge in [0.15, 0.2) is 5.76 Å². The van der Waals surface area contributed by atoms with Gasteiger partial charge in [-0.25, -0.2) is 0 Å². The van der Waals surface area contributed by atoms with Gasteiger partial charge in [-0.15, -0.1) is 0 Å². The van der Waals surface area contributed by atoms with Gasteiger partial charge in [-0.3, -0.25) is 0 Å². The summed E-state index contributed by atoms with van der Waals surface area (Å²) in [6, 6.07) is 0. The summed E-state index contributed by atoms with van der Waals surface area (Å²) in [5.41, 5.74) is 0. The monoisotopic (exact) mass is 192 g/mol. The Kier molecular flexibility index (Phi) is 4.62. The molecule has 0 aromatic rings. The van der Waals surface area contributed by atoms with Crippen molar-refractivity contribution >= 4 is 0 Å². The molecule has 2 nitrogen and oxygen atoms in total. The molecule has 0 aliphatic heterocycles. The van der Waals surface area contributed by atoms with Crippen molar-refractivity contribution < 1.29 is 9.47 Å². The van der Waals surface area contributed by atoms with Crippen molar-refractivity contribution in [3.8, 4) is 0 Å². The highest BCUT2D eigenvalue weighted by Gasteiger charge is 2.09. The van der Waals surface area contributed by atoms with Gasteiger partial charge in [-0.05, 0) is 12.5 Å². The van der Waals surface area contributed by atoms with E-state index in [0.717, 1.165) is 24.4 Å². The molecule has 0 bridgehead atoms. The molecule has 1 aliphatic carbocycles. The van der Waals surface area contributed by atoms with Gasteiger partial charge in [0.05, 0.1) is 0 Å². The highest BCUT2D eigenvalue weighted by Crippen LogP contribution is 2.20. The average molecular weight is 192 g/mol. The smallest absolute Gasteiger partial charge is 0.157 e. The normalized spacial score (nSPS) is 15.1. The summed E-state index contributed by atoms with van der Waals surface area (Å²) in [4.78, 5) is 0. The molecule has 0 unspecified atom stereocenters. The molecular weight excluding hydrogens is 176 g/mol. The number of ether oxygens (including phenoxy) is 2. The first-order chi connectivity index (χ1) is 6.88. The second kappa shape index (κ2) is 6.08. The van der Waals surface area contributed by atoms with Crippen molar-refractivity contribution in [3.63, 3.8) is 0 Å². The summed E-state index contributed by atoms with van der Waals surface area (Å²) in [7, 11) is 0. The molecule has 1 rings (SSSR count). The van der Waals surface area contributed by atoms with Crippen LogP contribution in [0.5, 0.6) is 0 Å². The van der Waals surface area contributed by atoms with Crippen LogP contribution in [0.4, 0.5) is 0 Å². The maximum absolute atomic E-state index is 5.49. The average Bonchev–Trinajstić information content (AvgIpc) is 2.24. The fraction of sp³-hybridized carbons (Fsp3) is 0.333. The standard InChI is InChI=1S/C12H16O2/c1-3-9-13-11-7-5-6-8-12(11)14-10-4-2/h3-5,7H,1-2,6,8-10H2. The van der Waals surface area contributed by atoms with Gasteiger partial charge in [-0.2, -0.15) is 0 Å². The number of allylic oxidation sites excluding steroid dienone is 3. The summed E-state index contributed by atoms with van der Waals surface area (Å²) >= 11 is 0. The molecule has 76 valence electrons. The first-order valence-electron chi connectivity index (χ1n) is 4.75. The van der Waals surface area contributed by atoms with Crippen LogP contribution in [-0.2, 0) is 9.47 Å². The fourth-order valence-electron chi connectivity index (χ4n) is 1.20. The number of hydrogen-bond acceptors (Lipinski definition) is 2. The molecule has 0 amide bonds. The van der Waals surface area contributed by atoms with E-state index in [1.165, 1.54) is 0 Å². The van der Waals surface area contributed by atoms with Crippen molar-refractivity contribution in [2.24, 2.45) is 0 Å². The zero-order valence-electron chi connectivity index (χ0n) is 8.37. The maximum atomic E-state index is 5.49. The van der Waals surface area contributed by atoms with E-state index in [1.54, 1.807) is 12.2 Å². The molecule has 14 heavy (non-hydrogen) atoms. The Morgan fingerprint density at radius 3 is 2.64 bits per heavy atom. The molecule has 0 radical (unpaired) electrons. The van der Waals surface area contributed by atoms with Crippen LogP contribution >= 0.6 is 0 Å². The highest BCUT2D eigenvalue weighted by atomic mass is 16.5. The van der Waals surface area contributed by atoms with Crippen LogP contribution in [0.1, 0.15) is 12.8 Å². The third kappa shape index (κ3) is 3.13. The van der Waals surface area contributed by atoms with E-state index in [2.05, 4.69) is 19.2 Å². The lowest BCUT2D eigenvalue weighted by atomic mass is 10.1. The summed E-state index contributed by atoms with van der Waals surface area (Å²) in [6.45, 7) is 8.26. The second-order valence-corrected chi connectivity index (χ2v) is 2.93. The lowest BCUT2D eigenvalue weighted by molar-refractivity contribution is 0.181. The van der Waals surface area contributed by atoms with Crippen LogP contribution in [0, 0.1) is 0 Å². The third-order valence-electron chi connectivity index (χ3n) is 1.81. The largest absolute Gasteiger partial charge is 0.490 e. The van der Waals surface area contributed by atoms with Crippen molar-refractivity contribution in [3.05, 3.63) is 49.0 Å². The molecule has 0 aromatic carbocycles. The van der Waals surface area contributed by atoms with Crippen LogP contribution in [0.2, 0.25) is 0 Å². The topological polar surface area (TPSA) is 18.5 Å². The van der Waals surface area contributed by atoms with E-state index < -0.39 is 0 Å². The molecule has 2 heteroatoms. The number of hydrogen-bond donors (Lipinski definition) is 0. The van der Waals surface area contributed by atoms with Gasteiger partial charge in [0.25, 0.3) is 0 Å².